The van der Waals surface area contributed by atoms with Crippen molar-refractivity contribution in [3.63, 3.8) is 0 Å². The van der Waals surface area contributed by atoms with E-state index in [4.69, 9.17) is 4.74 Å². The van der Waals surface area contributed by atoms with Crippen molar-refractivity contribution in [1.82, 2.24) is 9.80 Å². The highest BCUT2D eigenvalue weighted by Gasteiger charge is 2.52. The van der Waals surface area contributed by atoms with Crippen LogP contribution in [0.4, 0.5) is 14.9 Å². The second-order valence-electron chi connectivity index (χ2n) is 10.4. The number of halogens is 1. The van der Waals surface area contributed by atoms with E-state index in [0.717, 1.165) is 50.9 Å². The van der Waals surface area contributed by atoms with Crippen LogP contribution in [0.2, 0.25) is 0 Å². The Morgan fingerprint density at radius 1 is 1.25 bits per heavy atom. The van der Waals surface area contributed by atoms with Gasteiger partial charge < -0.3 is 9.64 Å². The van der Waals surface area contributed by atoms with Crippen LogP contribution in [0.15, 0.2) is 61.2 Å². The standard InChI is InChI=1S/C30H40FN3O2/c1-5-7-8-16-33-22-30(34(29(33)35)27-13-10-12-26(31)19-27)15-17-32(23(3)20-30)21-25-11-9-14-28(18-25)36-24(4)6-2/h5,9-14,18-19,23-24H,1,6-8,15-17,20-22H2,2-4H3/t23-,24-,30+/m1/s1. The first-order valence-electron chi connectivity index (χ1n) is 13.3. The molecule has 2 aliphatic rings. The highest BCUT2D eigenvalue weighted by molar-refractivity contribution is 5.96. The van der Waals surface area contributed by atoms with Crippen molar-refractivity contribution in [2.24, 2.45) is 0 Å². The summed E-state index contributed by atoms with van der Waals surface area (Å²) < 4.78 is 20.2. The number of anilines is 1. The van der Waals surface area contributed by atoms with Crippen LogP contribution in [0.3, 0.4) is 0 Å². The Morgan fingerprint density at radius 2 is 2.06 bits per heavy atom. The third-order valence-electron chi connectivity index (χ3n) is 7.68. The Kier molecular flexibility index (Phi) is 8.35. The Hall–Kier alpha value is -2.86. The summed E-state index contributed by atoms with van der Waals surface area (Å²) in [5, 5.41) is 0. The van der Waals surface area contributed by atoms with E-state index in [0.29, 0.717) is 18.8 Å². The van der Waals surface area contributed by atoms with E-state index in [1.807, 2.05) is 28.0 Å². The molecule has 2 aliphatic heterocycles. The van der Waals surface area contributed by atoms with Crippen molar-refractivity contribution in [2.45, 2.75) is 77.1 Å². The van der Waals surface area contributed by atoms with Crippen molar-refractivity contribution in [3.8, 4) is 5.75 Å². The van der Waals surface area contributed by atoms with Gasteiger partial charge >= 0.3 is 6.03 Å². The maximum Gasteiger partial charge on any atom is 0.325 e. The summed E-state index contributed by atoms with van der Waals surface area (Å²) in [5.41, 5.74) is 1.55. The zero-order chi connectivity index (χ0) is 25.7. The lowest BCUT2D eigenvalue weighted by Gasteiger charge is -2.47. The average Bonchev–Trinajstić information content (AvgIpc) is 3.11. The number of ether oxygens (including phenoxy) is 1. The SMILES string of the molecule is C=CCCCN1C[C@@]2(CCN(Cc3cccc(O[C@H](C)CC)c3)[C@H](C)C2)N(c2cccc(F)c2)C1=O. The van der Waals surface area contributed by atoms with E-state index in [2.05, 4.69) is 50.4 Å². The van der Waals surface area contributed by atoms with Gasteiger partial charge in [0.2, 0.25) is 0 Å². The number of urea groups is 1. The van der Waals surface area contributed by atoms with Gasteiger partial charge in [-0.1, -0.05) is 31.2 Å². The second-order valence-corrected chi connectivity index (χ2v) is 10.4. The first-order chi connectivity index (χ1) is 17.3. The van der Waals surface area contributed by atoms with Crippen LogP contribution in [0.1, 0.15) is 58.4 Å². The highest BCUT2D eigenvalue weighted by atomic mass is 19.1. The van der Waals surface area contributed by atoms with Crippen molar-refractivity contribution in [3.05, 3.63) is 72.6 Å². The summed E-state index contributed by atoms with van der Waals surface area (Å²) in [7, 11) is 0. The Balaban J connectivity index is 1.52. The summed E-state index contributed by atoms with van der Waals surface area (Å²) in [5.74, 6) is 0.599. The molecule has 4 rings (SSSR count). The van der Waals surface area contributed by atoms with E-state index >= 15 is 0 Å². The van der Waals surface area contributed by atoms with E-state index in [-0.39, 0.29) is 29.5 Å². The lowest BCUT2D eigenvalue weighted by molar-refractivity contribution is 0.0986. The van der Waals surface area contributed by atoms with E-state index in [9.17, 15) is 9.18 Å². The molecule has 0 unspecified atom stereocenters. The van der Waals surface area contributed by atoms with E-state index in [1.54, 1.807) is 6.07 Å². The molecular formula is C30H40FN3O2. The largest absolute Gasteiger partial charge is 0.491 e. The van der Waals surface area contributed by atoms with Gasteiger partial charge in [-0.25, -0.2) is 9.18 Å². The van der Waals surface area contributed by atoms with Gasteiger partial charge in [0.1, 0.15) is 11.6 Å². The Morgan fingerprint density at radius 3 is 2.78 bits per heavy atom. The number of nitrogens with zero attached hydrogens (tertiary/aromatic N) is 3. The topological polar surface area (TPSA) is 36.0 Å². The molecule has 2 amide bonds. The molecule has 0 N–H and O–H groups in total. The molecule has 0 saturated carbocycles. The summed E-state index contributed by atoms with van der Waals surface area (Å²) in [6, 6.07) is 15.1. The summed E-state index contributed by atoms with van der Waals surface area (Å²) in [4.78, 5) is 19.9. The van der Waals surface area contributed by atoms with Gasteiger partial charge in [0.05, 0.1) is 11.6 Å². The zero-order valence-electron chi connectivity index (χ0n) is 22.0. The fourth-order valence-electron chi connectivity index (χ4n) is 5.64. The first kappa shape index (κ1) is 26.2. The average molecular weight is 494 g/mol. The first-order valence-corrected chi connectivity index (χ1v) is 13.3. The molecule has 2 aromatic rings. The van der Waals surface area contributed by atoms with Crippen molar-refractivity contribution in [1.29, 1.82) is 0 Å². The van der Waals surface area contributed by atoms with Crippen LogP contribution in [0.25, 0.3) is 0 Å². The molecule has 0 bridgehead atoms. The van der Waals surface area contributed by atoms with Gasteiger partial charge in [-0.2, -0.15) is 0 Å². The number of hydrogen-bond acceptors (Lipinski definition) is 3. The second kappa shape index (κ2) is 11.5. The lowest BCUT2D eigenvalue weighted by Crippen LogP contribution is -2.57. The van der Waals surface area contributed by atoms with Crippen LogP contribution in [0, 0.1) is 5.82 Å². The van der Waals surface area contributed by atoms with E-state index in [1.165, 1.54) is 17.7 Å². The molecule has 0 aliphatic carbocycles. The smallest absolute Gasteiger partial charge is 0.325 e. The quantitative estimate of drug-likeness (QED) is 0.275. The summed E-state index contributed by atoms with van der Waals surface area (Å²) >= 11 is 0. The van der Waals surface area contributed by atoms with Crippen LogP contribution < -0.4 is 9.64 Å². The summed E-state index contributed by atoms with van der Waals surface area (Å²) in [6.45, 7) is 13.3. The van der Waals surface area contributed by atoms with E-state index < -0.39 is 0 Å². The molecule has 5 nitrogen and oxygen atoms in total. The zero-order valence-corrected chi connectivity index (χ0v) is 22.0. The van der Waals surface area contributed by atoms with Crippen LogP contribution in [0.5, 0.6) is 5.75 Å². The number of allylic oxidation sites excluding steroid dienone is 1. The highest BCUT2D eigenvalue weighted by Crippen LogP contribution is 2.42. The molecule has 2 fully saturated rings. The molecule has 3 atom stereocenters. The predicted molar refractivity (Wildman–Crippen MR) is 144 cm³/mol. The van der Waals surface area contributed by atoms with Crippen molar-refractivity contribution < 1.29 is 13.9 Å². The molecule has 2 heterocycles. The fourth-order valence-corrected chi connectivity index (χ4v) is 5.64. The number of hydrogen-bond donors (Lipinski definition) is 0. The van der Waals surface area contributed by atoms with Gasteiger partial charge in [-0.15, -0.1) is 6.58 Å². The number of rotatable bonds is 10. The molecule has 194 valence electrons. The third-order valence-corrected chi connectivity index (χ3v) is 7.68. The van der Waals surface area contributed by atoms with Gasteiger partial charge in [0, 0.05) is 37.9 Å². The Bertz CT molecular complexity index is 1060. The predicted octanol–water partition coefficient (Wildman–Crippen LogP) is 6.63. The minimum Gasteiger partial charge on any atom is -0.491 e. The maximum atomic E-state index is 14.2. The van der Waals surface area contributed by atoms with Crippen molar-refractivity contribution in [2.75, 3.05) is 24.5 Å². The fraction of sp³-hybridized carbons (Fsp3) is 0.500. The molecule has 6 heteroatoms. The molecule has 2 aromatic carbocycles. The third kappa shape index (κ3) is 5.75. The number of likely N-dealkylation sites (tertiary alicyclic amines) is 1. The van der Waals surface area contributed by atoms with Gasteiger partial charge in [0.25, 0.3) is 0 Å². The molecule has 0 radical (unpaired) electrons. The number of carbonyl (C=O) groups excluding carboxylic acids is 1. The number of benzene rings is 2. The molecular weight excluding hydrogens is 453 g/mol. The number of unbranched alkanes of at least 4 members (excludes halogenated alkanes) is 1. The van der Waals surface area contributed by atoms with Crippen LogP contribution >= 0.6 is 0 Å². The molecule has 2 saturated heterocycles. The minimum atomic E-state index is -0.337. The molecule has 36 heavy (non-hydrogen) atoms. The summed E-state index contributed by atoms with van der Waals surface area (Å²) in [6.07, 6.45) is 6.51. The molecule has 0 aromatic heterocycles. The maximum absolute atomic E-state index is 14.2. The van der Waals surface area contributed by atoms with Crippen LogP contribution in [-0.4, -0.2) is 53.1 Å². The monoisotopic (exact) mass is 493 g/mol. The van der Waals surface area contributed by atoms with Gasteiger partial charge in [-0.05, 0) is 81.8 Å². The minimum absolute atomic E-state index is 0.0137. The number of carbonyl (C=O) groups is 1. The van der Waals surface area contributed by atoms with Gasteiger partial charge in [-0.3, -0.25) is 9.80 Å². The number of piperidine rings is 1. The normalized spacial score (nSPS) is 23.3. The Labute approximate surface area is 215 Å². The lowest BCUT2D eigenvalue weighted by atomic mass is 9.82. The van der Waals surface area contributed by atoms with Crippen LogP contribution in [-0.2, 0) is 6.54 Å². The van der Waals surface area contributed by atoms with Crippen molar-refractivity contribution >= 4 is 11.7 Å². The van der Waals surface area contributed by atoms with Gasteiger partial charge in [0.15, 0.2) is 0 Å². The number of amides is 2. The molecule has 1 spiro atoms.